The number of imidazole rings is 1. The van der Waals surface area contributed by atoms with Crippen LogP contribution in [0.15, 0.2) is 60.1 Å². The zero-order chi connectivity index (χ0) is 16.1. The zero-order valence-electron chi connectivity index (χ0n) is 12.8. The molecule has 2 heterocycles. The number of amides is 1. The third kappa shape index (κ3) is 3.60. The molecular weight excluding hydrogens is 290 g/mol. The highest BCUT2D eigenvalue weighted by atomic mass is 16.2. The molecule has 2 aromatic heterocycles. The Kier molecular flexibility index (Phi) is 4.42. The van der Waals surface area contributed by atoms with Crippen molar-refractivity contribution in [3.05, 3.63) is 60.7 Å². The topological polar surface area (TPSA) is 72.2 Å². The first-order chi connectivity index (χ1) is 11.2. The van der Waals surface area contributed by atoms with Crippen LogP contribution in [-0.2, 0) is 11.3 Å². The molecule has 0 spiro atoms. The van der Waals surface area contributed by atoms with Crippen LogP contribution in [0.5, 0.6) is 0 Å². The van der Waals surface area contributed by atoms with Crippen LogP contribution in [-0.4, -0.2) is 26.7 Å². The molecule has 0 aliphatic rings. The molecule has 0 aliphatic heterocycles. The number of para-hydroxylation sites is 2. The maximum atomic E-state index is 12.1. The van der Waals surface area contributed by atoms with E-state index in [1.165, 1.54) is 6.21 Å². The first-order valence-corrected chi connectivity index (χ1v) is 7.38. The molecule has 0 saturated heterocycles. The van der Waals surface area contributed by atoms with Crippen LogP contribution in [0.25, 0.3) is 11.0 Å². The normalized spacial score (nSPS) is 12.6. The predicted molar refractivity (Wildman–Crippen MR) is 88.9 cm³/mol. The monoisotopic (exact) mass is 307 g/mol. The van der Waals surface area contributed by atoms with E-state index < -0.39 is 0 Å². The highest BCUT2D eigenvalue weighted by Crippen LogP contribution is 2.13. The number of nitrogens with zero attached hydrogens (tertiary/aromatic N) is 4. The SMILES string of the molecule is C[C@H](Cn1cnc2ccccc21)C(=O)N/N=C\c1ccccn1. The van der Waals surface area contributed by atoms with Gasteiger partial charge in [0.1, 0.15) is 0 Å². The Hall–Kier alpha value is -3.02. The van der Waals surface area contributed by atoms with Crippen LogP contribution in [0.1, 0.15) is 12.6 Å². The number of hydrogen-bond acceptors (Lipinski definition) is 4. The summed E-state index contributed by atoms with van der Waals surface area (Å²) in [4.78, 5) is 20.5. The minimum Gasteiger partial charge on any atom is -0.330 e. The van der Waals surface area contributed by atoms with Gasteiger partial charge in [0.05, 0.1) is 35.2 Å². The fraction of sp³-hybridized carbons (Fsp3) is 0.176. The number of rotatable bonds is 5. The summed E-state index contributed by atoms with van der Waals surface area (Å²) < 4.78 is 1.97. The summed E-state index contributed by atoms with van der Waals surface area (Å²) in [5, 5.41) is 3.94. The van der Waals surface area contributed by atoms with Crippen molar-refractivity contribution >= 4 is 23.2 Å². The minimum atomic E-state index is -0.228. The van der Waals surface area contributed by atoms with E-state index in [1.807, 2.05) is 54.0 Å². The van der Waals surface area contributed by atoms with Gasteiger partial charge in [-0.05, 0) is 24.3 Å². The van der Waals surface area contributed by atoms with Gasteiger partial charge >= 0.3 is 0 Å². The quantitative estimate of drug-likeness (QED) is 0.580. The number of hydrogen-bond donors (Lipinski definition) is 1. The molecule has 0 bridgehead atoms. The average molecular weight is 307 g/mol. The van der Waals surface area contributed by atoms with Gasteiger partial charge in [0.15, 0.2) is 0 Å². The molecule has 1 aromatic carbocycles. The van der Waals surface area contributed by atoms with Crippen LogP contribution < -0.4 is 5.43 Å². The Morgan fingerprint density at radius 1 is 1.26 bits per heavy atom. The van der Waals surface area contributed by atoms with Crippen molar-refractivity contribution in [2.75, 3.05) is 0 Å². The van der Waals surface area contributed by atoms with E-state index in [0.717, 1.165) is 11.0 Å². The first kappa shape index (κ1) is 14.9. The molecule has 1 atom stereocenters. The summed E-state index contributed by atoms with van der Waals surface area (Å²) in [5.74, 6) is -0.372. The Morgan fingerprint density at radius 2 is 2.09 bits per heavy atom. The average Bonchev–Trinajstić information content (AvgIpc) is 2.99. The third-order valence-corrected chi connectivity index (χ3v) is 3.50. The molecule has 6 nitrogen and oxygen atoms in total. The highest BCUT2D eigenvalue weighted by Gasteiger charge is 2.14. The zero-order valence-corrected chi connectivity index (χ0v) is 12.8. The van der Waals surface area contributed by atoms with Crippen molar-refractivity contribution in [3.63, 3.8) is 0 Å². The van der Waals surface area contributed by atoms with Gasteiger partial charge < -0.3 is 4.57 Å². The van der Waals surface area contributed by atoms with E-state index >= 15 is 0 Å². The fourth-order valence-electron chi connectivity index (χ4n) is 2.26. The van der Waals surface area contributed by atoms with Gasteiger partial charge in [-0.25, -0.2) is 10.4 Å². The number of carbonyl (C=O) groups excluding carboxylic acids is 1. The van der Waals surface area contributed by atoms with Gasteiger partial charge in [-0.3, -0.25) is 9.78 Å². The lowest BCUT2D eigenvalue weighted by molar-refractivity contribution is -0.124. The minimum absolute atomic E-state index is 0.144. The predicted octanol–water partition coefficient (Wildman–Crippen LogP) is 2.22. The molecule has 1 N–H and O–H groups in total. The molecule has 23 heavy (non-hydrogen) atoms. The van der Waals surface area contributed by atoms with Crippen LogP contribution in [0.2, 0.25) is 0 Å². The van der Waals surface area contributed by atoms with Gasteiger partial charge in [-0.2, -0.15) is 5.10 Å². The largest absolute Gasteiger partial charge is 0.330 e. The summed E-state index contributed by atoms with van der Waals surface area (Å²) in [6.07, 6.45) is 4.96. The van der Waals surface area contributed by atoms with Crippen molar-refractivity contribution in [3.8, 4) is 0 Å². The number of benzene rings is 1. The van der Waals surface area contributed by atoms with Crippen molar-refractivity contribution < 1.29 is 4.79 Å². The summed E-state index contributed by atoms with van der Waals surface area (Å²) in [6, 6.07) is 13.4. The Labute approximate surface area is 133 Å². The number of fused-ring (bicyclic) bond motifs is 1. The number of hydrazone groups is 1. The maximum Gasteiger partial charge on any atom is 0.244 e. The second kappa shape index (κ2) is 6.83. The van der Waals surface area contributed by atoms with Crippen molar-refractivity contribution in [1.82, 2.24) is 20.0 Å². The van der Waals surface area contributed by atoms with Crippen molar-refractivity contribution in [1.29, 1.82) is 0 Å². The van der Waals surface area contributed by atoms with Crippen LogP contribution in [0.3, 0.4) is 0 Å². The third-order valence-electron chi connectivity index (χ3n) is 3.50. The van der Waals surface area contributed by atoms with Crippen LogP contribution in [0, 0.1) is 5.92 Å². The van der Waals surface area contributed by atoms with E-state index in [1.54, 1.807) is 12.5 Å². The lowest BCUT2D eigenvalue weighted by atomic mass is 10.1. The fourth-order valence-corrected chi connectivity index (χ4v) is 2.26. The first-order valence-electron chi connectivity index (χ1n) is 7.38. The lowest BCUT2D eigenvalue weighted by Gasteiger charge is -2.11. The van der Waals surface area contributed by atoms with Gasteiger partial charge in [-0.15, -0.1) is 0 Å². The summed E-state index contributed by atoms with van der Waals surface area (Å²) >= 11 is 0. The molecule has 0 aliphatic carbocycles. The number of carbonyl (C=O) groups is 1. The molecule has 1 amide bonds. The van der Waals surface area contributed by atoms with Gasteiger partial charge in [0.25, 0.3) is 0 Å². The second-order valence-corrected chi connectivity index (χ2v) is 5.28. The van der Waals surface area contributed by atoms with Gasteiger partial charge in [0, 0.05) is 12.7 Å². The van der Waals surface area contributed by atoms with E-state index in [2.05, 4.69) is 20.5 Å². The second-order valence-electron chi connectivity index (χ2n) is 5.28. The van der Waals surface area contributed by atoms with E-state index in [4.69, 9.17) is 0 Å². The molecule has 0 saturated carbocycles. The number of aromatic nitrogens is 3. The summed E-state index contributed by atoms with van der Waals surface area (Å²) in [6.45, 7) is 2.41. The summed E-state index contributed by atoms with van der Waals surface area (Å²) in [5.41, 5.74) is 5.19. The number of nitrogens with one attached hydrogen (secondary N) is 1. The molecule has 0 radical (unpaired) electrons. The molecule has 0 fully saturated rings. The molecule has 0 unspecified atom stereocenters. The molecule has 6 heteroatoms. The maximum absolute atomic E-state index is 12.1. The Morgan fingerprint density at radius 3 is 2.91 bits per heavy atom. The molecule has 3 aromatic rings. The smallest absolute Gasteiger partial charge is 0.244 e. The van der Waals surface area contributed by atoms with Gasteiger partial charge in [0.2, 0.25) is 5.91 Å². The van der Waals surface area contributed by atoms with Crippen LogP contribution >= 0.6 is 0 Å². The van der Waals surface area contributed by atoms with E-state index in [9.17, 15) is 4.79 Å². The lowest BCUT2D eigenvalue weighted by Crippen LogP contribution is -2.28. The number of pyridine rings is 1. The van der Waals surface area contributed by atoms with Crippen molar-refractivity contribution in [2.24, 2.45) is 11.0 Å². The molecule has 116 valence electrons. The van der Waals surface area contributed by atoms with Crippen molar-refractivity contribution in [2.45, 2.75) is 13.5 Å². The van der Waals surface area contributed by atoms with Crippen LogP contribution in [0.4, 0.5) is 0 Å². The Bertz CT molecular complexity index is 825. The molecular formula is C17H17N5O. The highest BCUT2D eigenvalue weighted by molar-refractivity contribution is 5.82. The Balaban J connectivity index is 1.60. The standard InChI is InChI=1S/C17H17N5O/c1-13(11-22-12-19-15-7-2-3-8-16(15)22)17(23)21-20-10-14-6-4-5-9-18-14/h2-10,12-13H,11H2,1H3,(H,21,23)/b20-10-/t13-/m1/s1. The molecule has 3 rings (SSSR count). The van der Waals surface area contributed by atoms with E-state index in [-0.39, 0.29) is 11.8 Å². The summed E-state index contributed by atoms with van der Waals surface area (Å²) in [7, 11) is 0. The van der Waals surface area contributed by atoms with Gasteiger partial charge in [-0.1, -0.05) is 25.1 Å². The van der Waals surface area contributed by atoms with E-state index in [0.29, 0.717) is 12.2 Å².